The lowest BCUT2D eigenvalue weighted by Gasteiger charge is -2.11. The number of aromatic nitrogens is 1. The van der Waals surface area contributed by atoms with Gasteiger partial charge in [0, 0.05) is 17.6 Å². The third-order valence-corrected chi connectivity index (χ3v) is 2.74. The smallest absolute Gasteiger partial charge is 0.337 e. The molecule has 2 rings (SSSR count). The first-order valence-electron chi connectivity index (χ1n) is 5.35. The van der Waals surface area contributed by atoms with Gasteiger partial charge in [0.15, 0.2) is 0 Å². The van der Waals surface area contributed by atoms with Gasteiger partial charge in [-0.05, 0) is 44.5 Å². The minimum absolute atomic E-state index is 0.262. The monoisotopic (exact) mass is 217 g/mol. The summed E-state index contributed by atoms with van der Waals surface area (Å²) >= 11 is 0. The maximum atomic E-state index is 11.2. The summed E-state index contributed by atoms with van der Waals surface area (Å²) in [5, 5.41) is 10.2. The summed E-state index contributed by atoms with van der Waals surface area (Å²) in [4.78, 5) is 11.2. The van der Waals surface area contributed by atoms with Crippen molar-refractivity contribution in [1.82, 2.24) is 4.57 Å². The van der Waals surface area contributed by atoms with E-state index in [9.17, 15) is 9.90 Å². The minimum Gasteiger partial charge on any atom is -0.478 e. The number of rotatable bonds is 2. The maximum Gasteiger partial charge on any atom is 0.337 e. The highest BCUT2D eigenvalue weighted by Gasteiger charge is 2.14. The van der Waals surface area contributed by atoms with E-state index in [0.29, 0.717) is 5.56 Å². The zero-order chi connectivity index (χ0) is 11.9. The molecule has 3 heteroatoms. The zero-order valence-electron chi connectivity index (χ0n) is 9.69. The second kappa shape index (κ2) is 3.67. The number of benzene rings is 1. The molecule has 0 fully saturated rings. The number of aryl methyl sites for hydroxylation is 1. The van der Waals surface area contributed by atoms with Gasteiger partial charge in [0.2, 0.25) is 0 Å². The quantitative estimate of drug-likeness (QED) is 0.839. The molecule has 1 aromatic carbocycles. The zero-order valence-corrected chi connectivity index (χ0v) is 9.69. The van der Waals surface area contributed by atoms with Crippen LogP contribution < -0.4 is 0 Å². The van der Waals surface area contributed by atoms with Crippen LogP contribution >= 0.6 is 0 Å². The van der Waals surface area contributed by atoms with Crippen molar-refractivity contribution in [1.29, 1.82) is 0 Å². The summed E-state index contributed by atoms with van der Waals surface area (Å²) in [5.41, 5.74) is 2.17. The normalized spacial score (nSPS) is 11.2. The third kappa shape index (κ3) is 1.58. The molecule has 2 aromatic rings. The van der Waals surface area contributed by atoms with Crippen molar-refractivity contribution >= 4 is 16.9 Å². The van der Waals surface area contributed by atoms with E-state index in [-0.39, 0.29) is 6.04 Å². The third-order valence-electron chi connectivity index (χ3n) is 2.74. The Hall–Kier alpha value is -1.77. The Kier molecular flexibility index (Phi) is 2.46. The molecule has 0 atom stereocenters. The van der Waals surface area contributed by atoms with E-state index in [1.807, 2.05) is 43.7 Å². The van der Waals surface area contributed by atoms with Crippen molar-refractivity contribution in [2.45, 2.75) is 26.8 Å². The van der Waals surface area contributed by atoms with Crippen molar-refractivity contribution in [3.05, 3.63) is 35.5 Å². The Morgan fingerprint density at radius 3 is 2.62 bits per heavy atom. The van der Waals surface area contributed by atoms with Crippen LogP contribution in [0.4, 0.5) is 0 Å². The highest BCUT2D eigenvalue weighted by molar-refractivity contribution is 6.02. The van der Waals surface area contributed by atoms with Crippen LogP contribution in [0.15, 0.2) is 24.4 Å². The van der Waals surface area contributed by atoms with E-state index < -0.39 is 5.97 Å². The highest BCUT2D eigenvalue weighted by Crippen LogP contribution is 2.25. The molecule has 0 aliphatic heterocycles. The first kappa shape index (κ1) is 10.7. The molecule has 0 radical (unpaired) electrons. The lowest BCUT2D eigenvalue weighted by molar-refractivity contribution is 0.0698. The van der Waals surface area contributed by atoms with Crippen molar-refractivity contribution in [3.8, 4) is 0 Å². The van der Waals surface area contributed by atoms with E-state index in [2.05, 4.69) is 0 Å². The summed E-state index contributed by atoms with van der Waals surface area (Å²) in [6.45, 7) is 6.01. The van der Waals surface area contributed by atoms with Crippen LogP contribution in [-0.2, 0) is 0 Å². The van der Waals surface area contributed by atoms with Gasteiger partial charge in [-0.25, -0.2) is 4.79 Å². The number of carbonyl (C=O) groups is 1. The fourth-order valence-electron chi connectivity index (χ4n) is 2.05. The van der Waals surface area contributed by atoms with Crippen LogP contribution in [0.5, 0.6) is 0 Å². The van der Waals surface area contributed by atoms with Crippen LogP contribution in [0.1, 0.15) is 35.8 Å². The van der Waals surface area contributed by atoms with E-state index >= 15 is 0 Å². The molecule has 3 nitrogen and oxygen atoms in total. The van der Waals surface area contributed by atoms with Gasteiger partial charge in [-0.15, -0.1) is 0 Å². The molecule has 0 saturated carbocycles. The fraction of sp³-hybridized carbons (Fsp3) is 0.308. The second-order valence-electron chi connectivity index (χ2n) is 4.37. The molecule has 84 valence electrons. The lowest BCUT2D eigenvalue weighted by atomic mass is 10.1. The number of hydrogen-bond acceptors (Lipinski definition) is 1. The number of aromatic carboxylic acids is 1. The Bertz CT molecular complexity index is 552. The number of carboxylic acid groups (broad SMARTS) is 1. The fourth-order valence-corrected chi connectivity index (χ4v) is 2.05. The molecule has 0 aliphatic carbocycles. The van der Waals surface area contributed by atoms with Gasteiger partial charge >= 0.3 is 5.97 Å². The largest absolute Gasteiger partial charge is 0.478 e. The van der Waals surface area contributed by atoms with Gasteiger partial charge in [0.25, 0.3) is 0 Å². The van der Waals surface area contributed by atoms with Crippen molar-refractivity contribution in [2.24, 2.45) is 0 Å². The Balaban J connectivity index is 2.84. The summed E-state index contributed by atoms with van der Waals surface area (Å²) in [5.74, 6) is -0.866. The minimum atomic E-state index is -0.866. The number of carboxylic acids is 1. The van der Waals surface area contributed by atoms with Crippen LogP contribution in [0.3, 0.4) is 0 Å². The first-order chi connectivity index (χ1) is 7.50. The average molecular weight is 217 g/mol. The molecular weight excluding hydrogens is 202 g/mol. The SMILES string of the molecule is Cc1cc(C(=O)O)c2c(ccn2C(C)C)c1. The predicted octanol–water partition coefficient (Wildman–Crippen LogP) is 3.23. The Morgan fingerprint density at radius 1 is 1.38 bits per heavy atom. The van der Waals surface area contributed by atoms with Crippen LogP contribution in [0.2, 0.25) is 0 Å². The predicted molar refractivity (Wildman–Crippen MR) is 64.0 cm³/mol. The molecular formula is C13H15NO2. The van der Waals surface area contributed by atoms with Gasteiger partial charge in [-0.1, -0.05) is 0 Å². The van der Waals surface area contributed by atoms with Crippen LogP contribution in [0, 0.1) is 6.92 Å². The average Bonchev–Trinajstić information content (AvgIpc) is 2.59. The van der Waals surface area contributed by atoms with Gasteiger partial charge in [0.1, 0.15) is 0 Å². The molecule has 0 amide bonds. The molecule has 1 N–H and O–H groups in total. The highest BCUT2D eigenvalue weighted by atomic mass is 16.4. The summed E-state index contributed by atoms with van der Waals surface area (Å²) < 4.78 is 2.00. The van der Waals surface area contributed by atoms with Gasteiger partial charge in [-0.2, -0.15) is 0 Å². The van der Waals surface area contributed by atoms with Crippen molar-refractivity contribution < 1.29 is 9.90 Å². The van der Waals surface area contributed by atoms with Crippen LogP contribution in [-0.4, -0.2) is 15.6 Å². The van der Waals surface area contributed by atoms with E-state index in [1.165, 1.54) is 0 Å². The van der Waals surface area contributed by atoms with Gasteiger partial charge < -0.3 is 9.67 Å². The Labute approximate surface area is 94.3 Å². The molecule has 1 heterocycles. The van der Waals surface area contributed by atoms with E-state index in [0.717, 1.165) is 16.5 Å². The summed E-state index contributed by atoms with van der Waals surface area (Å²) in [6.07, 6.45) is 1.95. The maximum absolute atomic E-state index is 11.2. The Morgan fingerprint density at radius 2 is 2.06 bits per heavy atom. The topological polar surface area (TPSA) is 42.2 Å². The molecule has 16 heavy (non-hydrogen) atoms. The molecule has 0 aliphatic rings. The van der Waals surface area contributed by atoms with Crippen molar-refractivity contribution in [2.75, 3.05) is 0 Å². The number of fused-ring (bicyclic) bond motifs is 1. The molecule has 0 unspecified atom stereocenters. The molecule has 0 saturated heterocycles. The second-order valence-corrected chi connectivity index (χ2v) is 4.37. The van der Waals surface area contributed by atoms with E-state index in [4.69, 9.17) is 0 Å². The summed E-state index contributed by atoms with van der Waals surface area (Å²) in [7, 11) is 0. The number of nitrogens with zero attached hydrogens (tertiary/aromatic N) is 1. The molecule has 0 bridgehead atoms. The summed E-state index contributed by atoms with van der Waals surface area (Å²) in [6, 6.07) is 5.97. The van der Waals surface area contributed by atoms with Crippen molar-refractivity contribution in [3.63, 3.8) is 0 Å². The molecule has 0 spiro atoms. The number of hydrogen-bond donors (Lipinski definition) is 1. The lowest BCUT2D eigenvalue weighted by Crippen LogP contribution is -2.05. The van der Waals surface area contributed by atoms with Gasteiger partial charge in [0.05, 0.1) is 11.1 Å². The standard InChI is InChI=1S/C13H15NO2/c1-8(2)14-5-4-10-6-9(3)7-11(12(10)14)13(15)16/h4-8H,1-3H3,(H,15,16). The van der Waals surface area contributed by atoms with Gasteiger partial charge in [-0.3, -0.25) is 0 Å². The first-order valence-corrected chi connectivity index (χ1v) is 5.35. The van der Waals surface area contributed by atoms with E-state index in [1.54, 1.807) is 6.07 Å². The van der Waals surface area contributed by atoms with Crippen LogP contribution in [0.25, 0.3) is 10.9 Å². The molecule has 1 aromatic heterocycles.